The van der Waals surface area contributed by atoms with Gasteiger partial charge in [0.2, 0.25) is 0 Å². The van der Waals surface area contributed by atoms with Crippen LogP contribution in [0.15, 0.2) is 50.0 Å². The summed E-state index contributed by atoms with van der Waals surface area (Å²) in [5.41, 5.74) is 3.21. The molecule has 1 aromatic heterocycles. The largest absolute Gasteiger partial charge is 0.494 e. The van der Waals surface area contributed by atoms with Gasteiger partial charge in [-0.3, -0.25) is 4.99 Å². The molecule has 1 aliphatic heterocycles. The van der Waals surface area contributed by atoms with E-state index in [0.29, 0.717) is 25.2 Å². The first-order valence-corrected chi connectivity index (χ1v) is 8.56. The molecule has 0 amide bonds. The van der Waals surface area contributed by atoms with Crippen LogP contribution in [-0.4, -0.2) is 47.6 Å². The van der Waals surface area contributed by atoms with Crippen molar-refractivity contribution in [3.8, 4) is 0 Å². The lowest BCUT2D eigenvalue weighted by molar-refractivity contribution is 0.111. The quantitative estimate of drug-likeness (QED) is 0.902. The molecule has 1 fully saturated rings. The average molecular weight is 343 g/mol. The van der Waals surface area contributed by atoms with Crippen molar-refractivity contribution in [3.63, 3.8) is 0 Å². The number of hydrogen-bond donors (Lipinski definition) is 1. The molecule has 0 aromatic carbocycles. The molecule has 7 heteroatoms. The SMILES string of the molecule is CCOC1=C(OC)C=C2C=NC3CCC(O)C(c4cnno4)C3=C2C1. The van der Waals surface area contributed by atoms with Crippen LogP contribution in [-0.2, 0) is 9.47 Å². The smallest absolute Gasteiger partial charge is 0.166 e. The number of methoxy groups -OCH3 is 1. The lowest BCUT2D eigenvalue weighted by Gasteiger charge is -2.38. The molecular formula is C18H21N3O4. The van der Waals surface area contributed by atoms with Crippen molar-refractivity contribution in [3.05, 3.63) is 46.3 Å². The first kappa shape index (κ1) is 16.1. The fourth-order valence-corrected chi connectivity index (χ4v) is 3.95. The molecule has 1 N–H and O–H groups in total. The molecule has 25 heavy (non-hydrogen) atoms. The maximum absolute atomic E-state index is 10.6. The number of hydrogen-bond acceptors (Lipinski definition) is 7. The molecule has 3 unspecified atom stereocenters. The van der Waals surface area contributed by atoms with Crippen molar-refractivity contribution in [1.82, 2.24) is 10.4 Å². The Morgan fingerprint density at radius 1 is 1.36 bits per heavy atom. The lowest BCUT2D eigenvalue weighted by Crippen LogP contribution is -2.35. The number of aliphatic hydroxyl groups is 1. The van der Waals surface area contributed by atoms with E-state index in [1.807, 2.05) is 19.2 Å². The van der Waals surface area contributed by atoms with Crippen LogP contribution in [0.2, 0.25) is 0 Å². The van der Waals surface area contributed by atoms with E-state index in [1.165, 1.54) is 0 Å². The summed E-state index contributed by atoms with van der Waals surface area (Å²) in [5, 5.41) is 18.0. The van der Waals surface area contributed by atoms with Gasteiger partial charge < -0.3 is 19.1 Å². The van der Waals surface area contributed by atoms with E-state index in [1.54, 1.807) is 13.3 Å². The average Bonchev–Trinajstić information content (AvgIpc) is 3.15. The van der Waals surface area contributed by atoms with Crippen LogP contribution >= 0.6 is 0 Å². The van der Waals surface area contributed by atoms with Gasteiger partial charge in [-0.2, -0.15) is 0 Å². The van der Waals surface area contributed by atoms with Gasteiger partial charge in [-0.15, -0.1) is 5.10 Å². The van der Waals surface area contributed by atoms with Gasteiger partial charge in [0, 0.05) is 17.9 Å². The third-order valence-electron chi connectivity index (χ3n) is 5.03. The van der Waals surface area contributed by atoms with Gasteiger partial charge >= 0.3 is 0 Å². The Morgan fingerprint density at radius 3 is 2.96 bits per heavy atom. The second-order valence-corrected chi connectivity index (χ2v) is 6.37. The van der Waals surface area contributed by atoms with Crippen molar-refractivity contribution in [2.45, 2.75) is 44.2 Å². The molecule has 7 nitrogen and oxygen atoms in total. The number of aliphatic hydroxyl groups excluding tert-OH is 1. The summed E-state index contributed by atoms with van der Waals surface area (Å²) in [4.78, 5) is 4.71. The molecule has 1 saturated carbocycles. The van der Waals surface area contributed by atoms with E-state index < -0.39 is 6.10 Å². The standard InChI is InChI=1S/C18H21N3O4/c1-3-24-15-7-11-10(6-14(15)23-2)8-19-12-4-5-13(22)18(17(11)12)16-9-20-21-25-16/h6,8-9,12-13,18,22H,3-5,7H2,1-2H3. The van der Waals surface area contributed by atoms with Crippen molar-refractivity contribution in [2.24, 2.45) is 4.99 Å². The van der Waals surface area contributed by atoms with Crippen molar-refractivity contribution >= 4 is 6.21 Å². The molecule has 3 atom stereocenters. The second-order valence-electron chi connectivity index (χ2n) is 6.37. The number of rotatable bonds is 4. The van der Waals surface area contributed by atoms with Crippen LogP contribution in [0.5, 0.6) is 0 Å². The van der Waals surface area contributed by atoms with Gasteiger partial charge in [-0.1, -0.05) is 0 Å². The zero-order valence-electron chi connectivity index (χ0n) is 14.3. The maximum atomic E-state index is 10.6. The van der Waals surface area contributed by atoms with Crippen molar-refractivity contribution < 1.29 is 19.1 Å². The van der Waals surface area contributed by atoms with E-state index in [0.717, 1.165) is 34.7 Å². The highest BCUT2D eigenvalue weighted by atomic mass is 16.5. The molecule has 3 aliphatic rings. The minimum Gasteiger partial charge on any atom is -0.494 e. The monoisotopic (exact) mass is 343 g/mol. The summed E-state index contributed by atoms with van der Waals surface area (Å²) >= 11 is 0. The molecule has 0 bridgehead atoms. The molecule has 2 aliphatic carbocycles. The number of allylic oxidation sites excluding steroid dienone is 3. The molecular weight excluding hydrogens is 322 g/mol. The molecule has 2 heterocycles. The number of nitrogens with zero attached hydrogens (tertiary/aromatic N) is 3. The topological polar surface area (TPSA) is 90.0 Å². The summed E-state index contributed by atoms with van der Waals surface area (Å²) in [5.74, 6) is 1.83. The Kier molecular flexibility index (Phi) is 4.17. The summed E-state index contributed by atoms with van der Waals surface area (Å²) < 4.78 is 16.6. The number of dihydropyridines is 1. The van der Waals surface area contributed by atoms with E-state index in [2.05, 4.69) is 10.4 Å². The van der Waals surface area contributed by atoms with Crippen LogP contribution < -0.4 is 0 Å². The highest BCUT2D eigenvalue weighted by Gasteiger charge is 2.41. The third-order valence-corrected chi connectivity index (χ3v) is 5.03. The van der Waals surface area contributed by atoms with Gasteiger partial charge in [0.25, 0.3) is 0 Å². The number of aliphatic imine (C=N–C) groups is 1. The summed E-state index contributed by atoms with van der Waals surface area (Å²) in [7, 11) is 1.64. The Hall–Kier alpha value is -2.41. The molecule has 1 aromatic rings. The van der Waals surface area contributed by atoms with Crippen LogP contribution in [0.4, 0.5) is 0 Å². The normalized spacial score (nSPS) is 28.4. The zero-order chi connectivity index (χ0) is 17.4. The number of aromatic nitrogens is 2. The van der Waals surface area contributed by atoms with Crippen molar-refractivity contribution in [1.29, 1.82) is 0 Å². The van der Waals surface area contributed by atoms with Gasteiger partial charge in [-0.05, 0) is 42.6 Å². The fourth-order valence-electron chi connectivity index (χ4n) is 3.95. The Morgan fingerprint density at radius 2 is 2.24 bits per heavy atom. The minimum absolute atomic E-state index is 0.0395. The van der Waals surface area contributed by atoms with Crippen LogP contribution in [0, 0.1) is 0 Å². The molecule has 0 saturated heterocycles. The molecule has 132 valence electrons. The van der Waals surface area contributed by atoms with Crippen molar-refractivity contribution in [2.75, 3.05) is 13.7 Å². The Bertz CT molecular complexity index is 776. The maximum Gasteiger partial charge on any atom is 0.166 e. The molecule has 0 radical (unpaired) electrons. The van der Waals surface area contributed by atoms with Gasteiger partial charge in [-0.25, -0.2) is 0 Å². The first-order valence-electron chi connectivity index (χ1n) is 8.56. The zero-order valence-corrected chi connectivity index (χ0v) is 14.3. The molecule has 0 spiro atoms. The summed E-state index contributed by atoms with van der Waals surface area (Å²) in [6.07, 6.45) is 6.99. The van der Waals surface area contributed by atoms with Gasteiger partial charge in [0.15, 0.2) is 11.5 Å². The predicted molar refractivity (Wildman–Crippen MR) is 89.9 cm³/mol. The van der Waals surface area contributed by atoms with Crippen LogP contribution in [0.3, 0.4) is 0 Å². The highest BCUT2D eigenvalue weighted by molar-refractivity contribution is 5.89. The fraction of sp³-hybridized carbons (Fsp3) is 0.500. The van der Waals surface area contributed by atoms with Gasteiger partial charge in [0.05, 0.1) is 38.0 Å². The Balaban J connectivity index is 1.82. The number of ether oxygens (including phenoxy) is 2. The second kappa shape index (κ2) is 6.48. The third kappa shape index (κ3) is 2.68. The molecule has 4 rings (SSSR count). The van der Waals surface area contributed by atoms with E-state index in [9.17, 15) is 5.11 Å². The van der Waals surface area contributed by atoms with E-state index in [-0.39, 0.29) is 12.0 Å². The Labute approximate surface area is 145 Å². The highest BCUT2D eigenvalue weighted by Crippen LogP contribution is 2.46. The van der Waals surface area contributed by atoms with Gasteiger partial charge in [0.1, 0.15) is 5.76 Å². The van der Waals surface area contributed by atoms with E-state index in [4.69, 9.17) is 19.0 Å². The minimum atomic E-state index is -0.536. The first-order chi connectivity index (χ1) is 12.2. The number of fused-ring (bicyclic) bond motifs is 2. The summed E-state index contributed by atoms with van der Waals surface area (Å²) in [6.45, 7) is 2.53. The summed E-state index contributed by atoms with van der Waals surface area (Å²) in [6, 6.07) is 0.0395. The predicted octanol–water partition coefficient (Wildman–Crippen LogP) is 2.28. The lowest BCUT2D eigenvalue weighted by atomic mass is 9.72. The van der Waals surface area contributed by atoms with Crippen LogP contribution in [0.1, 0.15) is 37.9 Å². The van der Waals surface area contributed by atoms with Crippen LogP contribution in [0.25, 0.3) is 0 Å². The van der Waals surface area contributed by atoms with E-state index >= 15 is 0 Å².